The van der Waals surface area contributed by atoms with Gasteiger partial charge in [-0.3, -0.25) is 4.57 Å². The molecule has 18 heteroatoms. The molecule has 1 saturated heterocycles. The molecule has 3 rings (SSSR count). The molecule has 0 aliphatic carbocycles. The Hall–Kier alpha value is -1.12. The standard InChI is InChI=1S/C10H13BClN5O9P2/c11-27(20,26-28(21,22)23)24-1-3-5(18)6(19)9(25-3)17-2-14-4-7(13)15-10(12)16-8(4)17/h2-3,5-6,9,18-19H,1H2,(H2,13,15,16)(H2,21,22,23)/q-1. The Morgan fingerprint density at radius 1 is 1.32 bits per heavy atom. The van der Waals surface area contributed by atoms with Crippen molar-refractivity contribution >= 4 is 51.4 Å². The lowest BCUT2D eigenvalue weighted by Gasteiger charge is -2.28. The van der Waals surface area contributed by atoms with Crippen LogP contribution in [0.15, 0.2) is 6.33 Å². The van der Waals surface area contributed by atoms with Gasteiger partial charge in [-0.25, -0.2) is 13.9 Å². The number of nitrogens with zero attached hydrogens (tertiary/aromatic N) is 4. The van der Waals surface area contributed by atoms with E-state index in [0.29, 0.717) is 0 Å². The molecule has 3 heterocycles. The van der Waals surface area contributed by atoms with E-state index in [-0.39, 0.29) is 22.3 Å². The Balaban J connectivity index is 1.78. The molecule has 0 spiro atoms. The quantitative estimate of drug-likeness (QED) is 0.203. The Labute approximate surface area is 162 Å². The molecule has 0 saturated carbocycles. The van der Waals surface area contributed by atoms with E-state index in [1.807, 2.05) is 0 Å². The van der Waals surface area contributed by atoms with Crippen molar-refractivity contribution in [2.75, 3.05) is 12.3 Å². The molecule has 1 aliphatic rings. The van der Waals surface area contributed by atoms with Crippen LogP contribution in [0.1, 0.15) is 6.23 Å². The van der Waals surface area contributed by atoms with Gasteiger partial charge in [0, 0.05) is 0 Å². The van der Waals surface area contributed by atoms with E-state index in [1.54, 1.807) is 0 Å². The summed E-state index contributed by atoms with van der Waals surface area (Å²) in [5, 5.41) is 20.2. The first-order chi connectivity index (χ1) is 12.9. The summed E-state index contributed by atoms with van der Waals surface area (Å²) in [5.41, 5.74) is 5.99. The lowest BCUT2D eigenvalue weighted by atomic mass is 10.1. The summed E-state index contributed by atoms with van der Waals surface area (Å²) < 4.78 is 37.6. The molecule has 0 aromatic carbocycles. The number of anilines is 1. The van der Waals surface area contributed by atoms with E-state index >= 15 is 0 Å². The van der Waals surface area contributed by atoms with Gasteiger partial charge in [-0.1, -0.05) is 0 Å². The molecular weight excluding hydrogens is 442 g/mol. The van der Waals surface area contributed by atoms with Crippen LogP contribution in [0.25, 0.3) is 11.2 Å². The van der Waals surface area contributed by atoms with Gasteiger partial charge in [-0.05, 0) is 11.6 Å². The summed E-state index contributed by atoms with van der Waals surface area (Å²) >= 11 is 5.77. The van der Waals surface area contributed by atoms with E-state index in [9.17, 15) is 19.3 Å². The summed E-state index contributed by atoms with van der Waals surface area (Å²) in [4.78, 5) is 29.0. The number of hydrogen-bond acceptors (Lipinski definition) is 11. The Morgan fingerprint density at radius 2 is 2.00 bits per heavy atom. The smallest absolute Gasteiger partial charge is 0.443 e. The largest absolute Gasteiger partial charge is 0.474 e. The lowest BCUT2D eigenvalue weighted by molar-refractivity contribution is -0.0479. The number of imidazole rings is 1. The van der Waals surface area contributed by atoms with Crippen molar-refractivity contribution in [3.63, 3.8) is 0 Å². The fraction of sp³-hybridized carbons (Fsp3) is 0.500. The molecule has 0 amide bonds. The predicted octanol–water partition coefficient (Wildman–Crippen LogP) is -0.916. The van der Waals surface area contributed by atoms with Crippen LogP contribution in [0, 0.1) is 0 Å². The van der Waals surface area contributed by atoms with Gasteiger partial charge in [-0.2, -0.15) is 9.97 Å². The number of nitrogens with two attached hydrogens (primary N) is 1. The van der Waals surface area contributed by atoms with Crippen molar-refractivity contribution in [1.82, 2.24) is 19.5 Å². The van der Waals surface area contributed by atoms with Crippen LogP contribution in [0.5, 0.6) is 0 Å². The maximum atomic E-state index is 11.7. The third-order valence-electron chi connectivity index (χ3n) is 3.67. The monoisotopic (exact) mass is 455 g/mol. The number of hydrogen-bond donors (Lipinski definition) is 5. The second-order valence-corrected chi connectivity index (χ2v) is 8.97. The molecule has 5 atom stereocenters. The van der Waals surface area contributed by atoms with Gasteiger partial charge in [0.1, 0.15) is 23.8 Å². The van der Waals surface area contributed by atoms with Crippen LogP contribution in [0.4, 0.5) is 5.82 Å². The first-order valence-electron chi connectivity index (χ1n) is 7.35. The highest BCUT2D eigenvalue weighted by Gasteiger charge is 2.44. The summed E-state index contributed by atoms with van der Waals surface area (Å²) in [5.74, 6) is -0.0136. The number of phosphoric acid groups is 1. The molecule has 0 bridgehead atoms. The van der Waals surface area contributed by atoms with E-state index in [0.717, 1.165) is 0 Å². The van der Waals surface area contributed by atoms with Crippen molar-refractivity contribution in [1.29, 1.82) is 0 Å². The molecule has 5 unspecified atom stereocenters. The Morgan fingerprint density at radius 3 is 2.64 bits per heavy atom. The minimum absolute atomic E-state index is 0.0136. The fourth-order valence-corrected chi connectivity index (χ4v) is 4.44. The number of aromatic nitrogens is 4. The van der Waals surface area contributed by atoms with Crippen molar-refractivity contribution in [3.05, 3.63) is 11.6 Å². The maximum Gasteiger partial charge on any atom is 0.474 e. The highest BCUT2D eigenvalue weighted by atomic mass is 35.5. The molecule has 6 N–H and O–H groups in total. The number of ether oxygens (including phenoxy) is 1. The zero-order valence-electron chi connectivity index (χ0n) is 13.6. The molecule has 1 fully saturated rings. The Bertz CT molecular complexity index is 988. The molecular formula is C10H13BClN5O9P2-. The first-order valence-corrected chi connectivity index (χ1v) is 10.9. The van der Waals surface area contributed by atoms with E-state index in [1.165, 1.54) is 10.9 Å². The predicted molar refractivity (Wildman–Crippen MR) is 93.1 cm³/mol. The average molecular weight is 455 g/mol. The van der Waals surface area contributed by atoms with Crippen molar-refractivity contribution in [2.24, 2.45) is 0 Å². The van der Waals surface area contributed by atoms with Crippen LogP contribution < -0.4 is 5.73 Å². The van der Waals surface area contributed by atoms with Crippen LogP contribution in [-0.4, -0.2) is 72.0 Å². The normalized spacial score (nSPS) is 27.9. The molecule has 14 nitrogen and oxygen atoms in total. The van der Waals surface area contributed by atoms with E-state index in [4.69, 9.17) is 39.4 Å². The third-order valence-corrected chi connectivity index (χ3v) is 6.11. The SMILES string of the molecule is [B-]P(=O)(OCC1OC(n2cnc3c(N)nc(Cl)nc32)C(O)C1O)OP(=O)(O)O. The molecule has 28 heavy (non-hydrogen) atoms. The fourth-order valence-electron chi connectivity index (χ4n) is 2.54. The van der Waals surface area contributed by atoms with Crippen LogP contribution in [0.2, 0.25) is 5.28 Å². The van der Waals surface area contributed by atoms with Gasteiger partial charge >= 0.3 is 7.82 Å². The summed E-state index contributed by atoms with van der Waals surface area (Å²) in [6, 6.07) is 0. The van der Waals surface area contributed by atoms with Gasteiger partial charge in [0.15, 0.2) is 17.7 Å². The second kappa shape index (κ2) is 7.61. The van der Waals surface area contributed by atoms with Gasteiger partial charge < -0.3 is 47.1 Å². The number of aliphatic hydroxyl groups excluding tert-OH is 2. The molecule has 3 radical (unpaired) electrons. The Kier molecular flexibility index (Phi) is 5.87. The van der Waals surface area contributed by atoms with Crippen LogP contribution in [-0.2, 0) is 22.7 Å². The minimum atomic E-state index is -5.18. The second-order valence-electron chi connectivity index (χ2n) is 5.66. The third kappa shape index (κ3) is 4.55. The zero-order valence-corrected chi connectivity index (χ0v) is 16.2. The highest BCUT2D eigenvalue weighted by molar-refractivity contribution is 7.83. The zero-order chi connectivity index (χ0) is 20.9. The van der Waals surface area contributed by atoms with Crippen molar-refractivity contribution < 1.29 is 42.7 Å². The van der Waals surface area contributed by atoms with Crippen LogP contribution >= 0.6 is 26.9 Å². The minimum Gasteiger partial charge on any atom is -0.443 e. The highest BCUT2D eigenvalue weighted by Crippen LogP contribution is 2.57. The number of aliphatic hydroxyl groups is 2. The summed E-state index contributed by atoms with van der Waals surface area (Å²) in [6.07, 6.45) is -4.35. The average Bonchev–Trinajstić information content (AvgIpc) is 3.06. The number of nitrogen functional groups attached to an aromatic ring is 1. The van der Waals surface area contributed by atoms with Gasteiger partial charge in [0.05, 0.1) is 20.4 Å². The molecule has 153 valence electrons. The number of fused-ring (bicyclic) bond motifs is 1. The lowest BCUT2D eigenvalue weighted by Crippen LogP contribution is -2.33. The molecule has 2 aromatic heterocycles. The molecule has 2 aromatic rings. The van der Waals surface area contributed by atoms with E-state index < -0.39 is 46.4 Å². The maximum absolute atomic E-state index is 11.7. The van der Waals surface area contributed by atoms with E-state index in [2.05, 4.69) is 23.8 Å². The topological polar surface area (TPSA) is 212 Å². The number of rotatable bonds is 6. The first kappa shape index (κ1) is 21.6. The molecule has 1 aliphatic heterocycles. The van der Waals surface area contributed by atoms with Crippen molar-refractivity contribution in [2.45, 2.75) is 24.5 Å². The van der Waals surface area contributed by atoms with Crippen molar-refractivity contribution in [3.8, 4) is 0 Å². The van der Waals surface area contributed by atoms with Gasteiger partial charge in [0.2, 0.25) is 5.28 Å². The van der Waals surface area contributed by atoms with Crippen LogP contribution in [0.3, 0.4) is 0 Å². The van der Waals surface area contributed by atoms with Gasteiger partial charge in [-0.15, -0.1) is 0 Å². The summed E-state index contributed by atoms with van der Waals surface area (Å²) in [6.45, 7) is -0.715. The number of halogens is 1. The summed E-state index contributed by atoms with van der Waals surface area (Å²) in [7, 11) is -4.78. The van der Waals surface area contributed by atoms with Gasteiger partial charge in [0.25, 0.3) is 0 Å².